The molecule has 0 radical (unpaired) electrons. The maximum Gasteiger partial charge on any atom is 0.116 e. The van der Waals surface area contributed by atoms with Gasteiger partial charge in [-0.1, -0.05) is 36.4 Å². The molecule has 3 nitrogen and oxygen atoms in total. The first-order valence-electron chi connectivity index (χ1n) is 5.04. The second kappa shape index (κ2) is 5.19. The normalized spacial score (nSPS) is 10.8. The van der Waals surface area contributed by atoms with Crippen LogP contribution in [0, 0.1) is 0 Å². The minimum atomic E-state index is 0.0632. The molecule has 0 bridgehead atoms. The molecule has 16 heavy (non-hydrogen) atoms. The number of benzene rings is 1. The van der Waals surface area contributed by atoms with Crippen molar-refractivity contribution in [2.24, 2.45) is 0 Å². The van der Waals surface area contributed by atoms with E-state index in [0.29, 0.717) is 0 Å². The quantitative estimate of drug-likeness (QED) is 0.847. The van der Waals surface area contributed by atoms with Gasteiger partial charge in [0.1, 0.15) is 6.33 Å². The Morgan fingerprint density at radius 2 is 1.94 bits per heavy atom. The minimum absolute atomic E-state index is 0.0632. The second-order valence-electron chi connectivity index (χ2n) is 3.30. The summed E-state index contributed by atoms with van der Waals surface area (Å²) < 4.78 is 0. The number of hydrogen-bond acceptors (Lipinski definition) is 3. The molecular formula is C13H12N2O. The van der Waals surface area contributed by atoms with Gasteiger partial charge >= 0.3 is 0 Å². The van der Waals surface area contributed by atoms with Crippen molar-refractivity contribution >= 4 is 6.08 Å². The van der Waals surface area contributed by atoms with Crippen LogP contribution in [0.3, 0.4) is 0 Å². The SMILES string of the molecule is OC/C=C/c1ccc(-c2ccncn2)cc1. The largest absolute Gasteiger partial charge is 0.392 e. The van der Waals surface area contributed by atoms with Crippen LogP contribution in [0.2, 0.25) is 0 Å². The van der Waals surface area contributed by atoms with Gasteiger partial charge in [-0.25, -0.2) is 9.97 Å². The van der Waals surface area contributed by atoms with Crippen molar-refractivity contribution < 1.29 is 5.11 Å². The molecule has 0 fully saturated rings. The Morgan fingerprint density at radius 3 is 2.56 bits per heavy atom. The zero-order valence-electron chi connectivity index (χ0n) is 8.74. The highest BCUT2D eigenvalue weighted by molar-refractivity contribution is 5.61. The van der Waals surface area contributed by atoms with Gasteiger partial charge in [0.2, 0.25) is 0 Å². The van der Waals surface area contributed by atoms with E-state index < -0.39 is 0 Å². The molecule has 2 aromatic rings. The minimum Gasteiger partial charge on any atom is -0.392 e. The summed E-state index contributed by atoms with van der Waals surface area (Å²) in [5.74, 6) is 0. The summed E-state index contributed by atoms with van der Waals surface area (Å²) in [5, 5.41) is 8.66. The Kier molecular flexibility index (Phi) is 3.41. The molecule has 0 saturated heterocycles. The fourth-order valence-corrected chi connectivity index (χ4v) is 1.42. The van der Waals surface area contributed by atoms with Crippen LogP contribution in [0.25, 0.3) is 17.3 Å². The molecule has 0 atom stereocenters. The van der Waals surface area contributed by atoms with Gasteiger partial charge in [0, 0.05) is 11.8 Å². The van der Waals surface area contributed by atoms with E-state index in [1.807, 2.05) is 36.4 Å². The van der Waals surface area contributed by atoms with Gasteiger partial charge in [0.25, 0.3) is 0 Å². The molecule has 1 N–H and O–H groups in total. The molecule has 3 heteroatoms. The molecule has 2 rings (SSSR count). The van der Waals surface area contributed by atoms with Gasteiger partial charge in [-0.2, -0.15) is 0 Å². The summed E-state index contributed by atoms with van der Waals surface area (Å²) in [4.78, 5) is 8.05. The van der Waals surface area contributed by atoms with Crippen LogP contribution in [0.5, 0.6) is 0 Å². The van der Waals surface area contributed by atoms with Gasteiger partial charge < -0.3 is 5.11 Å². The second-order valence-corrected chi connectivity index (χ2v) is 3.30. The van der Waals surface area contributed by atoms with E-state index in [-0.39, 0.29) is 6.61 Å². The maximum atomic E-state index is 8.66. The lowest BCUT2D eigenvalue weighted by atomic mass is 10.1. The smallest absolute Gasteiger partial charge is 0.116 e. The van der Waals surface area contributed by atoms with Gasteiger partial charge in [-0.05, 0) is 11.6 Å². The number of rotatable bonds is 3. The molecule has 1 heterocycles. The Balaban J connectivity index is 2.23. The third kappa shape index (κ3) is 2.52. The summed E-state index contributed by atoms with van der Waals surface area (Å²) >= 11 is 0. The van der Waals surface area contributed by atoms with Crippen LogP contribution < -0.4 is 0 Å². The van der Waals surface area contributed by atoms with E-state index in [9.17, 15) is 0 Å². The Labute approximate surface area is 94.1 Å². The van der Waals surface area contributed by atoms with Gasteiger partial charge in [0.15, 0.2) is 0 Å². The molecule has 0 aliphatic rings. The first-order chi connectivity index (χ1) is 7.90. The standard InChI is InChI=1S/C13H12N2O/c16-9-1-2-11-3-5-12(6-4-11)13-7-8-14-10-15-13/h1-8,10,16H,9H2/b2-1+. The van der Waals surface area contributed by atoms with Crippen molar-refractivity contribution in [3.8, 4) is 11.3 Å². The third-order valence-electron chi connectivity index (χ3n) is 2.20. The van der Waals surface area contributed by atoms with E-state index in [1.165, 1.54) is 6.33 Å². The lowest BCUT2D eigenvalue weighted by molar-refractivity contribution is 0.343. The number of hydrogen-bond donors (Lipinski definition) is 1. The number of aliphatic hydroxyl groups is 1. The number of aliphatic hydroxyl groups excluding tert-OH is 1. The fraction of sp³-hybridized carbons (Fsp3) is 0.0769. The zero-order chi connectivity index (χ0) is 11.2. The Morgan fingerprint density at radius 1 is 1.12 bits per heavy atom. The van der Waals surface area contributed by atoms with Crippen LogP contribution in [0.15, 0.2) is 48.9 Å². The average Bonchev–Trinajstić information content (AvgIpc) is 2.38. The van der Waals surface area contributed by atoms with Crippen molar-refractivity contribution in [3.05, 3.63) is 54.5 Å². The third-order valence-corrected chi connectivity index (χ3v) is 2.20. The zero-order valence-corrected chi connectivity index (χ0v) is 8.74. The summed E-state index contributed by atoms with van der Waals surface area (Å²) in [5.41, 5.74) is 3.03. The van der Waals surface area contributed by atoms with Crippen LogP contribution in [0.4, 0.5) is 0 Å². The summed E-state index contributed by atoms with van der Waals surface area (Å²) in [6.07, 6.45) is 6.85. The molecule has 0 unspecified atom stereocenters. The van der Waals surface area contributed by atoms with Crippen molar-refractivity contribution in [3.63, 3.8) is 0 Å². The molecule has 0 aliphatic heterocycles. The predicted octanol–water partition coefficient (Wildman–Crippen LogP) is 2.15. The van der Waals surface area contributed by atoms with Crippen molar-refractivity contribution in [2.45, 2.75) is 0 Å². The van der Waals surface area contributed by atoms with Crippen molar-refractivity contribution in [1.29, 1.82) is 0 Å². The molecule has 1 aromatic heterocycles. The van der Waals surface area contributed by atoms with Gasteiger partial charge in [-0.3, -0.25) is 0 Å². The summed E-state index contributed by atoms with van der Waals surface area (Å²) in [7, 11) is 0. The number of nitrogens with zero attached hydrogens (tertiary/aromatic N) is 2. The lowest BCUT2D eigenvalue weighted by Gasteiger charge is -2.00. The van der Waals surface area contributed by atoms with Crippen LogP contribution in [-0.4, -0.2) is 21.7 Å². The molecule has 80 valence electrons. The van der Waals surface area contributed by atoms with E-state index in [2.05, 4.69) is 9.97 Å². The maximum absolute atomic E-state index is 8.66. The molecular weight excluding hydrogens is 200 g/mol. The Hall–Kier alpha value is -2.00. The molecule has 0 aliphatic carbocycles. The van der Waals surface area contributed by atoms with E-state index in [4.69, 9.17) is 5.11 Å². The Bertz CT molecular complexity index is 463. The van der Waals surface area contributed by atoms with Crippen molar-refractivity contribution in [1.82, 2.24) is 9.97 Å². The summed E-state index contributed by atoms with van der Waals surface area (Å²) in [6.45, 7) is 0.0632. The first-order valence-corrected chi connectivity index (χ1v) is 5.04. The topological polar surface area (TPSA) is 46.0 Å². The van der Waals surface area contributed by atoms with Crippen LogP contribution >= 0.6 is 0 Å². The van der Waals surface area contributed by atoms with Crippen LogP contribution in [0.1, 0.15) is 5.56 Å². The van der Waals surface area contributed by atoms with Gasteiger partial charge in [-0.15, -0.1) is 0 Å². The van der Waals surface area contributed by atoms with E-state index in [1.54, 1.807) is 12.3 Å². The molecule has 0 spiro atoms. The van der Waals surface area contributed by atoms with E-state index in [0.717, 1.165) is 16.8 Å². The monoisotopic (exact) mass is 212 g/mol. The number of aromatic nitrogens is 2. The lowest BCUT2D eigenvalue weighted by Crippen LogP contribution is -1.83. The molecule has 1 aromatic carbocycles. The average molecular weight is 212 g/mol. The molecule has 0 amide bonds. The highest BCUT2D eigenvalue weighted by Crippen LogP contribution is 2.16. The first kappa shape index (κ1) is 10.5. The van der Waals surface area contributed by atoms with Crippen LogP contribution in [-0.2, 0) is 0 Å². The highest BCUT2D eigenvalue weighted by atomic mass is 16.2. The summed E-state index contributed by atoms with van der Waals surface area (Å²) in [6, 6.07) is 9.85. The predicted molar refractivity (Wildman–Crippen MR) is 63.6 cm³/mol. The highest BCUT2D eigenvalue weighted by Gasteiger charge is 1.96. The van der Waals surface area contributed by atoms with E-state index >= 15 is 0 Å². The van der Waals surface area contributed by atoms with Gasteiger partial charge in [0.05, 0.1) is 12.3 Å². The molecule has 0 saturated carbocycles. The van der Waals surface area contributed by atoms with Crippen molar-refractivity contribution in [2.75, 3.05) is 6.61 Å². The fourth-order valence-electron chi connectivity index (χ4n) is 1.42.